The maximum Gasteiger partial charge on any atom is 0.315 e. The van der Waals surface area contributed by atoms with E-state index in [1.807, 2.05) is 24.3 Å². The van der Waals surface area contributed by atoms with Gasteiger partial charge in [-0.2, -0.15) is 0 Å². The Morgan fingerprint density at radius 2 is 1.22 bits per heavy atom. The molecule has 8 amide bonds. The van der Waals surface area contributed by atoms with Gasteiger partial charge >= 0.3 is 6.03 Å². The topological polar surface area (TPSA) is 445 Å². The first-order valence-corrected chi connectivity index (χ1v) is 30.0. The normalized spacial score (nSPS) is 14.5. The molecular formula is C63H88FN13O13. The van der Waals surface area contributed by atoms with Crippen LogP contribution in [-0.4, -0.2) is 149 Å². The zero-order valence-electron chi connectivity index (χ0n) is 51.6. The smallest absolute Gasteiger partial charge is 0.315 e. The number of benzene rings is 3. The van der Waals surface area contributed by atoms with Crippen LogP contribution in [0.3, 0.4) is 0 Å². The van der Waals surface area contributed by atoms with E-state index < -0.39 is 157 Å². The SMILES string of the molecule is CN=C(N)NCCC[C@H](CC(=O)[C@H](CC(C)C)NC(=O)NCC(=O)[C@H](Cc1cccc(F)c1)NC(=O)[C@@H](CC(=O)[C@H](CC(N)=O)NC(=O)[C@H](CCCCN)CC(=O)[C@@H](Cc1ccc(O)cc1)NC(C)=O)[C@@H](C)O)C(=O)N[C@@H](Cc1c[nH]c2ccccc12)C(N)=O. The lowest BCUT2D eigenvalue weighted by molar-refractivity contribution is -0.137. The summed E-state index contributed by atoms with van der Waals surface area (Å²) in [5, 5.41) is 39.9. The number of unbranched alkanes of at least 4 members (excludes halogenated alkanes) is 1. The average molecular weight is 1250 g/mol. The number of nitrogens with one attached hydrogen (secondary N) is 8. The van der Waals surface area contributed by atoms with Gasteiger partial charge in [-0.1, -0.05) is 62.7 Å². The lowest BCUT2D eigenvalue weighted by Crippen LogP contribution is -2.53. The molecule has 0 aliphatic carbocycles. The van der Waals surface area contributed by atoms with Crippen LogP contribution < -0.4 is 60.2 Å². The van der Waals surface area contributed by atoms with E-state index in [0.29, 0.717) is 24.8 Å². The highest BCUT2D eigenvalue weighted by Gasteiger charge is 2.37. The molecule has 0 spiro atoms. The second kappa shape index (κ2) is 37.0. The Labute approximate surface area is 522 Å². The van der Waals surface area contributed by atoms with Crippen molar-refractivity contribution in [3.05, 3.63) is 102 Å². The number of urea groups is 1. The Kier molecular flexibility index (Phi) is 30.2. The summed E-state index contributed by atoms with van der Waals surface area (Å²) in [6.07, 6.45) is -1.19. The van der Waals surface area contributed by atoms with Gasteiger partial charge in [-0.05, 0) is 111 Å². The predicted octanol–water partition coefficient (Wildman–Crippen LogP) is 1.19. The molecule has 90 heavy (non-hydrogen) atoms. The van der Waals surface area contributed by atoms with Crippen LogP contribution in [-0.2, 0) is 67.2 Å². The van der Waals surface area contributed by atoms with Crippen molar-refractivity contribution < 1.29 is 67.3 Å². The van der Waals surface area contributed by atoms with E-state index in [1.54, 1.807) is 32.2 Å². The van der Waals surface area contributed by atoms with Gasteiger partial charge in [0, 0.05) is 75.1 Å². The third-order valence-corrected chi connectivity index (χ3v) is 15.1. The third kappa shape index (κ3) is 25.2. The maximum atomic E-state index is 14.6. The standard InChI is InChI=1S/C63H88FN13O13/c1-35(2)24-48(53(81)30-41(14-11-23-70-62(68)69-5)60(88)76-52(58(67)86)28-42-33-71-47-17-7-6-16-45(42)47)77-63(90)72-34-56(84)50(27-39-12-10-15-43(64)25-39)75-61(89)46(36(3)78)31-55(83)51(32-57(66)85)74-59(87)40(13-8-9-22-65)29-54(82)49(73-37(4)79)26-38-18-20-44(80)21-19-38/h6-7,10,12,15-21,25,33,35-36,40-41,46,48-52,71,78,80H,8-9,11,13-14,22-24,26-32,34,65H2,1-5H3,(H2,66,85)(H2,67,86)(H,73,79)(H,74,87)(H,75,89)(H,76,88)(H3,68,69,70)(H2,72,77,90)/t36-,40-,41-,46+,48+,49-,50+,51+,52+/m1/s1. The summed E-state index contributed by atoms with van der Waals surface area (Å²) in [5.74, 6) is -12.4. The molecule has 0 saturated carbocycles. The number of H-pyrrole nitrogens is 1. The fourth-order valence-corrected chi connectivity index (χ4v) is 10.2. The number of aliphatic imine (C=N–C) groups is 1. The van der Waals surface area contributed by atoms with E-state index in [0.717, 1.165) is 28.6 Å². The van der Waals surface area contributed by atoms with Crippen molar-refractivity contribution in [2.24, 2.45) is 51.6 Å². The van der Waals surface area contributed by atoms with Crippen molar-refractivity contribution in [1.82, 2.24) is 42.2 Å². The fourth-order valence-electron chi connectivity index (χ4n) is 10.2. The number of aromatic nitrogens is 1. The Hall–Kier alpha value is -9.11. The maximum absolute atomic E-state index is 14.6. The summed E-state index contributed by atoms with van der Waals surface area (Å²) in [6, 6.07) is 10.7. The van der Waals surface area contributed by atoms with Crippen molar-refractivity contribution in [3.63, 3.8) is 0 Å². The quantitative estimate of drug-likeness (QED) is 0.0169. The highest BCUT2D eigenvalue weighted by Crippen LogP contribution is 2.23. The molecule has 0 radical (unpaired) electrons. The van der Waals surface area contributed by atoms with Gasteiger partial charge in [0.15, 0.2) is 29.1 Å². The second-order valence-electron chi connectivity index (χ2n) is 23.0. The number of carbonyl (C=O) groups is 11. The zero-order valence-corrected chi connectivity index (χ0v) is 51.6. The van der Waals surface area contributed by atoms with Crippen molar-refractivity contribution in [2.75, 3.05) is 26.7 Å². The molecular weight excluding hydrogens is 1170 g/mol. The molecule has 0 saturated heterocycles. The van der Waals surface area contributed by atoms with E-state index in [1.165, 1.54) is 45.2 Å². The number of amides is 8. The number of ketones is 4. The van der Waals surface area contributed by atoms with Crippen LogP contribution in [0.5, 0.6) is 5.75 Å². The van der Waals surface area contributed by atoms with Gasteiger partial charge in [0.1, 0.15) is 17.6 Å². The van der Waals surface area contributed by atoms with Crippen molar-refractivity contribution in [2.45, 2.75) is 147 Å². The summed E-state index contributed by atoms with van der Waals surface area (Å²) in [6.45, 7) is 5.73. The Morgan fingerprint density at radius 1 is 0.622 bits per heavy atom. The number of hydrogen-bond acceptors (Lipinski definition) is 15. The molecule has 0 unspecified atom stereocenters. The molecule has 0 bridgehead atoms. The number of halogens is 1. The minimum Gasteiger partial charge on any atom is -0.508 e. The molecule has 1 heterocycles. The molecule has 26 nitrogen and oxygen atoms in total. The Morgan fingerprint density at radius 3 is 1.82 bits per heavy atom. The molecule has 1 aromatic heterocycles. The van der Waals surface area contributed by atoms with Gasteiger partial charge in [0.2, 0.25) is 35.4 Å². The number of para-hydroxylation sites is 1. The average Bonchev–Trinajstić information content (AvgIpc) is 2.14. The highest BCUT2D eigenvalue weighted by atomic mass is 19.1. The monoisotopic (exact) mass is 1250 g/mol. The van der Waals surface area contributed by atoms with Crippen LogP contribution >= 0.6 is 0 Å². The number of carbonyl (C=O) groups excluding carboxylic acids is 11. The van der Waals surface area contributed by atoms with Gasteiger partial charge in [-0.15, -0.1) is 0 Å². The van der Waals surface area contributed by atoms with Crippen LogP contribution in [0, 0.1) is 29.5 Å². The minimum atomic E-state index is -1.68. The lowest BCUT2D eigenvalue weighted by atomic mass is 9.89. The number of guanidine groups is 1. The van der Waals surface area contributed by atoms with Gasteiger partial charge in [0.25, 0.3) is 0 Å². The number of phenols is 1. The minimum absolute atomic E-state index is 0.0128. The third-order valence-electron chi connectivity index (χ3n) is 15.1. The number of nitrogens with two attached hydrogens (primary N) is 4. The van der Waals surface area contributed by atoms with E-state index in [-0.39, 0.29) is 74.8 Å². The molecule has 490 valence electrons. The van der Waals surface area contributed by atoms with Crippen LogP contribution in [0.15, 0.2) is 84.0 Å². The molecule has 18 N–H and O–H groups in total. The number of phenolic OH excluding ortho intramolecular Hbond substituents is 1. The molecule has 4 rings (SSSR count). The van der Waals surface area contributed by atoms with Crippen molar-refractivity contribution in [1.29, 1.82) is 0 Å². The largest absolute Gasteiger partial charge is 0.508 e. The first-order valence-electron chi connectivity index (χ1n) is 30.0. The number of Topliss-reactive ketones (excluding diaryl/α,β-unsaturated/α-hetero) is 4. The van der Waals surface area contributed by atoms with E-state index in [2.05, 4.69) is 47.2 Å². The van der Waals surface area contributed by atoms with Gasteiger partial charge in [-0.25, -0.2) is 9.18 Å². The van der Waals surface area contributed by atoms with Crippen LogP contribution in [0.4, 0.5) is 9.18 Å². The molecule has 0 aliphatic rings. The first kappa shape index (κ1) is 73.4. The number of aromatic amines is 1. The second-order valence-corrected chi connectivity index (χ2v) is 23.0. The molecule has 27 heteroatoms. The van der Waals surface area contributed by atoms with E-state index in [4.69, 9.17) is 22.9 Å². The summed E-state index contributed by atoms with van der Waals surface area (Å²) in [5.41, 5.74) is 25.2. The molecule has 4 aromatic rings. The van der Waals surface area contributed by atoms with E-state index in [9.17, 15) is 67.3 Å². The van der Waals surface area contributed by atoms with Gasteiger partial charge in [-0.3, -0.25) is 52.9 Å². The van der Waals surface area contributed by atoms with Crippen molar-refractivity contribution >= 4 is 81.5 Å². The van der Waals surface area contributed by atoms with Crippen LogP contribution in [0.2, 0.25) is 0 Å². The number of aromatic hydroxyl groups is 1. The number of hydrogen-bond donors (Lipinski definition) is 14. The number of primary amides is 2. The molecule has 9 atom stereocenters. The molecule has 0 fully saturated rings. The summed E-state index contributed by atoms with van der Waals surface area (Å²) in [7, 11) is 1.49. The summed E-state index contributed by atoms with van der Waals surface area (Å²) in [4.78, 5) is 157. The molecule has 3 aromatic carbocycles. The van der Waals surface area contributed by atoms with Crippen LogP contribution in [0.1, 0.15) is 109 Å². The lowest BCUT2D eigenvalue weighted by Gasteiger charge is -2.26. The number of nitrogens with zero attached hydrogens (tertiary/aromatic N) is 1. The molecule has 0 aliphatic heterocycles. The number of aliphatic hydroxyl groups is 1. The van der Waals surface area contributed by atoms with E-state index >= 15 is 0 Å². The Bertz CT molecular complexity index is 3150. The van der Waals surface area contributed by atoms with Crippen molar-refractivity contribution in [3.8, 4) is 5.75 Å². The summed E-state index contributed by atoms with van der Waals surface area (Å²) < 4.78 is 14.6. The van der Waals surface area contributed by atoms with Gasteiger partial charge < -0.3 is 75.3 Å². The first-order chi connectivity index (χ1) is 42.7. The van der Waals surface area contributed by atoms with Gasteiger partial charge in [0.05, 0.1) is 49.2 Å². The Balaban J connectivity index is 1.52. The number of fused-ring (bicyclic) bond motifs is 1. The number of rotatable bonds is 40. The predicted molar refractivity (Wildman–Crippen MR) is 334 cm³/mol. The number of aliphatic hydroxyl groups excluding tert-OH is 1. The highest BCUT2D eigenvalue weighted by molar-refractivity contribution is 5.99. The summed E-state index contributed by atoms with van der Waals surface area (Å²) >= 11 is 0. The van der Waals surface area contributed by atoms with Crippen LogP contribution in [0.25, 0.3) is 10.9 Å². The zero-order chi connectivity index (χ0) is 66.6. The fraction of sp³-hybridized carbons (Fsp3) is 0.492.